The molecule has 0 saturated heterocycles. The van der Waals surface area contributed by atoms with E-state index >= 15 is 0 Å². The molecule has 0 rings (SSSR count). The van der Waals surface area contributed by atoms with Gasteiger partial charge in [0.1, 0.15) is 0 Å². The zero-order chi connectivity index (χ0) is 7.98. The highest BCUT2D eigenvalue weighted by Crippen LogP contribution is 1.86. The molecule has 0 aliphatic rings. The zero-order valence-corrected chi connectivity index (χ0v) is 6.76. The molecule has 10 heavy (non-hydrogen) atoms. The minimum atomic E-state index is -0.447. The van der Waals surface area contributed by atoms with Gasteiger partial charge in [-0.25, -0.2) is 10.1 Å². The maximum Gasteiger partial charge on any atom is 0.429 e. The van der Waals surface area contributed by atoms with Gasteiger partial charge in [-0.1, -0.05) is 6.92 Å². The molecule has 0 unspecified atom stereocenters. The Morgan fingerprint density at radius 1 is 1.60 bits per heavy atom. The molecule has 0 aromatic rings. The van der Waals surface area contributed by atoms with E-state index in [-0.39, 0.29) is 6.04 Å². The van der Waals surface area contributed by atoms with Gasteiger partial charge >= 0.3 is 6.09 Å². The average Bonchev–Trinajstić information content (AvgIpc) is 1.82. The average molecular weight is 144 g/mol. The van der Waals surface area contributed by atoms with Crippen LogP contribution in [0, 0.1) is 0 Å². The Hall–Kier alpha value is -0.730. The molecule has 3 heteroatoms. The molecule has 0 aromatic heterocycles. The van der Waals surface area contributed by atoms with Gasteiger partial charge in [0.2, 0.25) is 0 Å². The predicted molar refractivity (Wildman–Crippen MR) is 38.9 cm³/mol. The highest BCUT2D eigenvalue weighted by molar-refractivity contribution is 5.66. The normalized spacial score (nSPS) is 9.60. The molecular weight excluding hydrogens is 130 g/mol. The Kier molecular flexibility index (Phi) is 4.72. The fourth-order valence-electron chi connectivity index (χ4n) is 0.437. The van der Waals surface area contributed by atoms with Crippen LogP contribution in [-0.2, 0) is 4.74 Å². The Morgan fingerprint density at radius 2 is 2.20 bits per heavy atom. The van der Waals surface area contributed by atoms with E-state index in [0.717, 1.165) is 6.42 Å². The summed E-state index contributed by atoms with van der Waals surface area (Å²) in [7, 11) is 0. The van der Waals surface area contributed by atoms with Crippen molar-refractivity contribution >= 4 is 6.09 Å². The molecule has 1 radical (unpaired) electrons. The quantitative estimate of drug-likeness (QED) is 0.602. The van der Waals surface area contributed by atoms with Crippen LogP contribution in [0.25, 0.3) is 0 Å². The van der Waals surface area contributed by atoms with Crippen LogP contribution in [0.15, 0.2) is 0 Å². The fourth-order valence-corrected chi connectivity index (χ4v) is 0.437. The van der Waals surface area contributed by atoms with Gasteiger partial charge in [0.05, 0.1) is 12.6 Å². The van der Waals surface area contributed by atoms with Gasteiger partial charge in [-0.2, -0.15) is 0 Å². The molecule has 0 fully saturated rings. The van der Waals surface area contributed by atoms with Crippen LogP contribution in [-0.4, -0.2) is 18.7 Å². The number of rotatable bonds is 3. The molecule has 0 atom stereocenters. The molecular formula is C7H14NO2. The van der Waals surface area contributed by atoms with Crippen molar-refractivity contribution in [1.82, 2.24) is 5.32 Å². The second kappa shape index (κ2) is 5.09. The molecule has 1 amide bonds. The number of carbonyl (C=O) groups is 1. The SMILES string of the molecule is CCCOC(=O)[N]C(C)C. The van der Waals surface area contributed by atoms with E-state index in [0.29, 0.717) is 6.61 Å². The Labute approximate surface area is 61.8 Å². The van der Waals surface area contributed by atoms with Crippen LogP contribution in [0.3, 0.4) is 0 Å². The standard InChI is InChI=1S/C7H14NO2/c1-4-5-10-7(9)8-6(2)3/h6H,4-5H2,1-3H3. The number of amides is 1. The number of ether oxygens (including phenoxy) is 1. The van der Waals surface area contributed by atoms with Crippen molar-refractivity contribution in [2.45, 2.75) is 33.2 Å². The third-order valence-electron chi connectivity index (χ3n) is 0.793. The van der Waals surface area contributed by atoms with Crippen molar-refractivity contribution in [2.24, 2.45) is 0 Å². The van der Waals surface area contributed by atoms with Crippen molar-refractivity contribution in [1.29, 1.82) is 0 Å². The van der Waals surface area contributed by atoms with E-state index < -0.39 is 6.09 Å². The van der Waals surface area contributed by atoms with Crippen molar-refractivity contribution in [3.8, 4) is 0 Å². The van der Waals surface area contributed by atoms with Gasteiger partial charge in [-0.15, -0.1) is 0 Å². The van der Waals surface area contributed by atoms with Crippen molar-refractivity contribution in [3.63, 3.8) is 0 Å². The molecule has 0 aliphatic carbocycles. The first kappa shape index (κ1) is 9.27. The molecule has 0 spiro atoms. The lowest BCUT2D eigenvalue weighted by atomic mass is 10.4. The second-order valence-electron chi connectivity index (χ2n) is 2.34. The first-order chi connectivity index (χ1) is 4.66. The highest BCUT2D eigenvalue weighted by Gasteiger charge is 2.04. The summed E-state index contributed by atoms with van der Waals surface area (Å²) < 4.78 is 4.70. The summed E-state index contributed by atoms with van der Waals surface area (Å²) in [6.45, 7) is 6.10. The monoisotopic (exact) mass is 144 g/mol. The topological polar surface area (TPSA) is 40.4 Å². The summed E-state index contributed by atoms with van der Waals surface area (Å²) in [6, 6.07) is 0.0318. The van der Waals surface area contributed by atoms with Gasteiger partial charge in [0, 0.05) is 0 Å². The minimum absolute atomic E-state index is 0.0318. The molecule has 59 valence electrons. The summed E-state index contributed by atoms with van der Waals surface area (Å²) in [5, 5.41) is 3.65. The van der Waals surface area contributed by atoms with Gasteiger partial charge < -0.3 is 4.74 Å². The number of hydrogen-bond donors (Lipinski definition) is 0. The summed E-state index contributed by atoms with van der Waals surface area (Å²) in [5.74, 6) is 0. The molecule has 0 bridgehead atoms. The lowest BCUT2D eigenvalue weighted by Crippen LogP contribution is -2.23. The van der Waals surface area contributed by atoms with Gasteiger partial charge in [-0.05, 0) is 20.3 Å². The summed E-state index contributed by atoms with van der Waals surface area (Å²) in [4.78, 5) is 10.6. The van der Waals surface area contributed by atoms with Gasteiger partial charge in [0.25, 0.3) is 0 Å². The van der Waals surface area contributed by atoms with E-state index in [1.807, 2.05) is 20.8 Å². The summed E-state index contributed by atoms with van der Waals surface area (Å²) in [5.41, 5.74) is 0. The van der Waals surface area contributed by atoms with Crippen LogP contribution in [0.4, 0.5) is 4.79 Å². The van der Waals surface area contributed by atoms with Crippen molar-refractivity contribution < 1.29 is 9.53 Å². The lowest BCUT2D eigenvalue weighted by Gasteiger charge is -2.04. The Bertz CT molecular complexity index is 102. The van der Waals surface area contributed by atoms with Crippen LogP contribution in [0.1, 0.15) is 27.2 Å². The first-order valence-corrected chi connectivity index (χ1v) is 3.54. The smallest absolute Gasteiger partial charge is 0.429 e. The molecule has 0 aromatic carbocycles. The first-order valence-electron chi connectivity index (χ1n) is 3.54. The predicted octanol–water partition coefficient (Wildman–Crippen LogP) is 1.55. The number of hydrogen-bond acceptors (Lipinski definition) is 2. The number of nitrogens with zero attached hydrogens (tertiary/aromatic N) is 1. The minimum Gasteiger partial charge on any atom is -0.448 e. The zero-order valence-electron chi connectivity index (χ0n) is 6.76. The molecule has 0 N–H and O–H groups in total. The largest absolute Gasteiger partial charge is 0.448 e. The van der Waals surface area contributed by atoms with Gasteiger partial charge in [0.15, 0.2) is 0 Å². The van der Waals surface area contributed by atoms with E-state index in [1.54, 1.807) is 0 Å². The Balaban J connectivity index is 3.26. The summed E-state index contributed by atoms with van der Waals surface area (Å²) in [6.07, 6.45) is 0.399. The molecule has 0 heterocycles. The molecule has 0 saturated carbocycles. The second-order valence-corrected chi connectivity index (χ2v) is 2.34. The maximum atomic E-state index is 10.6. The van der Waals surface area contributed by atoms with Crippen LogP contribution < -0.4 is 5.32 Å². The highest BCUT2D eigenvalue weighted by atomic mass is 16.5. The fraction of sp³-hybridized carbons (Fsp3) is 0.857. The third-order valence-corrected chi connectivity index (χ3v) is 0.793. The van der Waals surface area contributed by atoms with Crippen molar-refractivity contribution in [3.05, 3.63) is 0 Å². The van der Waals surface area contributed by atoms with Crippen LogP contribution in [0.5, 0.6) is 0 Å². The summed E-state index contributed by atoms with van der Waals surface area (Å²) >= 11 is 0. The van der Waals surface area contributed by atoms with Gasteiger partial charge in [-0.3, -0.25) is 0 Å². The molecule has 0 aliphatic heterocycles. The number of carbonyl (C=O) groups excluding carboxylic acids is 1. The van der Waals surface area contributed by atoms with E-state index in [4.69, 9.17) is 4.74 Å². The maximum absolute atomic E-state index is 10.6. The van der Waals surface area contributed by atoms with E-state index in [9.17, 15) is 4.79 Å². The van der Waals surface area contributed by atoms with Crippen LogP contribution in [0.2, 0.25) is 0 Å². The lowest BCUT2D eigenvalue weighted by molar-refractivity contribution is 0.142. The van der Waals surface area contributed by atoms with E-state index in [1.165, 1.54) is 0 Å². The van der Waals surface area contributed by atoms with Crippen molar-refractivity contribution in [2.75, 3.05) is 6.61 Å². The molecule has 3 nitrogen and oxygen atoms in total. The third kappa shape index (κ3) is 5.41. The Morgan fingerprint density at radius 3 is 2.60 bits per heavy atom. The van der Waals surface area contributed by atoms with Crippen LogP contribution >= 0.6 is 0 Å². The van der Waals surface area contributed by atoms with E-state index in [2.05, 4.69) is 5.32 Å².